The van der Waals surface area contributed by atoms with Gasteiger partial charge in [0.15, 0.2) is 5.69 Å². The van der Waals surface area contributed by atoms with Crippen LogP contribution < -0.4 is 11.1 Å². The first kappa shape index (κ1) is 14.8. The molecule has 112 valence electrons. The summed E-state index contributed by atoms with van der Waals surface area (Å²) in [7, 11) is 0. The van der Waals surface area contributed by atoms with Gasteiger partial charge in [0.2, 0.25) is 0 Å². The van der Waals surface area contributed by atoms with Crippen molar-refractivity contribution in [2.75, 3.05) is 31.9 Å². The zero-order chi connectivity index (χ0) is 14.4. The number of nitrogens with one attached hydrogen (secondary N) is 2. The molecule has 1 aromatic rings. The number of aromatic amines is 1. The fourth-order valence-electron chi connectivity index (χ4n) is 2.59. The second kappa shape index (κ2) is 7.28. The predicted octanol–water partition coefficient (Wildman–Crippen LogP) is 1.16. The highest BCUT2D eigenvalue weighted by molar-refractivity contribution is 5.97. The maximum atomic E-state index is 12.0. The molecule has 1 aliphatic heterocycles. The van der Waals surface area contributed by atoms with E-state index in [1.54, 1.807) is 0 Å². The highest BCUT2D eigenvalue weighted by atomic mass is 16.1. The second-order valence-corrected chi connectivity index (χ2v) is 5.37. The van der Waals surface area contributed by atoms with Crippen LogP contribution in [-0.4, -0.2) is 47.2 Å². The van der Waals surface area contributed by atoms with Crippen LogP contribution in [0.1, 0.15) is 48.8 Å². The lowest BCUT2D eigenvalue weighted by molar-refractivity contribution is 0.0942. The van der Waals surface area contributed by atoms with Gasteiger partial charge in [0, 0.05) is 13.1 Å². The maximum Gasteiger partial charge on any atom is 0.273 e. The van der Waals surface area contributed by atoms with E-state index in [1.807, 2.05) is 0 Å². The largest absolute Gasteiger partial charge is 0.395 e. The van der Waals surface area contributed by atoms with Gasteiger partial charge in [0.05, 0.1) is 11.4 Å². The molecule has 0 spiro atoms. The molecule has 0 atom stereocenters. The Hall–Kier alpha value is -1.56. The van der Waals surface area contributed by atoms with Crippen LogP contribution in [-0.2, 0) is 6.42 Å². The lowest BCUT2D eigenvalue weighted by atomic mass is 10.1. The maximum absolute atomic E-state index is 12.0. The minimum absolute atomic E-state index is 0.182. The van der Waals surface area contributed by atoms with Crippen molar-refractivity contribution in [3.63, 3.8) is 0 Å². The van der Waals surface area contributed by atoms with Crippen LogP contribution >= 0.6 is 0 Å². The number of hydrogen-bond acceptors (Lipinski definition) is 4. The SMILES string of the molecule is CCCc1[nH]nc(C(=O)NCCN2CCCCC2)c1N. The molecule has 6 nitrogen and oxygen atoms in total. The number of aryl methyl sites for hydroxylation is 1. The van der Waals surface area contributed by atoms with E-state index >= 15 is 0 Å². The number of amides is 1. The lowest BCUT2D eigenvalue weighted by Gasteiger charge is -2.26. The van der Waals surface area contributed by atoms with Crippen LogP contribution in [0.3, 0.4) is 0 Å². The molecule has 20 heavy (non-hydrogen) atoms. The number of hydrogen-bond donors (Lipinski definition) is 3. The normalized spacial score (nSPS) is 16.2. The molecule has 0 saturated carbocycles. The summed E-state index contributed by atoms with van der Waals surface area (Å²) < 4.78 is 0. The number of anilines is 1. The van der Waals surface area contributed by atoms with Crippen LogP contribution in [0.4, 0.5) is 5.69 Å². The van der Waals surface area contributed by atoms with E-state index in [-0.39, 0.29) is 5.91 Å². The molecule has 4 N–H and O–H groups in total. The number of rotatable bonds is 6. The molecular formula is C14H25N5O. The average Bonchev–Trinajstić information content (AvgIpc) is 2.82. The third kappa shape index (κ3) is 3.72. The highest BCUT2D eigenvalue weighted by Crippen LogP contribution is 2.15. The van der Waals surface area contributed by atoms with Crippen molar-refractivity contribution in [3.05, 3.63) is 11.4 Å². The Kier molecular flexibility index (Phi) is 5.40. The van der Waals surface area contributed by atoms with Gasteiger partial charge in [-0.2, -0.15) is 5.10 Å². The van der Waals surface area contributed by atoms with Crippen LogP contribution in [0.5, 0.6) is 0 Å². The van der Waals surface area contributed by atoms with E-state index in [4.69, 9.17) is 5.73 Å². The van der Waals surface area contributed by atoms with Gasteiger partial charge >= 0.3 is 0 Å². The second-order valence-electron chi connectivity index (χ2n) is 5.37. The summed E-state index contributed by atoms with van der Waals surface area (Å²) in [6.45, 7) is 5.90. The monoisotopic (exact) mass is 279 g/mol. The van der Waals surface area contributed by atoms with Crippen molar-refractivity contribution in [1.82, 2.24) is 20.4 Å². The van der Waals surface area contributed by atoms with E-state index in [9.17, 15) is 4.79 Å². The molecule has 2 rings (SSSR count). The third-order valence-electron chi connectivity index (χ3n) is 3.76. The van der Waals surface area contributed by atoms with Crippen molar-refractivity contribution in [3.8, 4) is 0 Å². The first-order valence-corrected chi connectivity index (χ1v) is 7.55. The van der Waals surface area contributed by atoms with Gasteiger partial charge in [-0.1, -0.05) is 19.8 Å². The van der Waals surface area contributed by atoms with Crippen molar-refractivity contribution >= 4 is 11.6 Å². The smallest absolute Gasteiger partial charge is 0.273 e. The minimum atomic E-state index is -0.182. The Morgan fingerprint density at radius 2 is 2.15 bits per heavy atom. The Balaban J connectivity index is 1.79. The Morgan fingerprint density at radius 3 is 2.85 bits per heavy atom. The number of aromatic nitrogens is 2. The quantitative estimate of drug-likeness (QED) is 0.729. The number of H-pyrrole nitrogens is 1. The van der Waals surface area contributed by atoms with Gasteiger partial charge in [0.1, 0.15) is 0 Å². The van der Waals surface area contributed by atoms with E-state index in [0.29, 0.717) is 17.9 Å². The fraction of sp³-hybridized carbons (Fsp3) is 0.714. The summed E-state index contributed by atoms with van der Waals surface area (Å²) >= 11 is 0. The molecule has 1 saturated heterocycles. The van der Waals surface area contributed by atoms with Crippen molar-refractivity contribution < 1.29 is 4.79 Å². The van der Waals surface area contributed by atoms with E-state index in [0.717, 1.165) is 38.2 Å². The highest BCUT2D eigenvalue weighted by Gasteiger charge is 2.17. The Bertz CT molecular complexity index is 437. The van der Waals surface area contributed by atoms with Crippen LogP contribution in [0, 0.1) is 0 Å². The molecule has 1 aliphatic rings. The summed E-state index contributed by atoms with van der Waals surface area (Å²) in [6.07, 6.45) is 5.65. The molecule has 6 heteroatoms. The van der Waals surface area contributed by atoms with Crippen molar-refractivity contribution in [2.24, 2.45) is 0 Å². The topological polar surface area (TPSA) is 87.0 Å². The van der Waals surface area contributed by atoms with Crippen LogP contribution in [0.2, 0.25) is 0 Å². The zero-order valence-electron chi connectivity index (χ0n) is 12.2. The standard InChI is InChI=1S/C14H25N5O/c1-2-6-11-12(15)13(18-17-11)14(20)16-7-10-19-8-4-3-5-9-19/h2-10,15H2,1H3,(H,16,20)(H,17,18). The van der Waals surface area contributed by atoms with Gasteiger partial charge in [-0.15, -0.1) is 0 Å². The summed E-state index contributed by atoms with van der Waals surface area (Å²) in [6, 6.07) is 0. The molecule has 0 unspecified atom stereocenters. The first-order chi connectivity index (χ1) is 9.72. The summed E-state index contributed by atoms with van der Waals surface area (Å²) in [5.41, 5.74) is 7.61. The number of carbonyl (C=O) groups is 1. The van der Waals surface area contributed by atoms with Gasteiger partial charge < -0.3 is 16.0 Å². The average molecular weight is 279 g/mol. The number of piperidine rings is 1. The molecule has 1 amide bonds. The minimum Gasteiger partial charge on any atom is -0.395 e. The number of nitrogen functional groups attached to an aromatic ring is 1. The molecule has 1 fully saturated rings. The molecule has 0 bridgehead atoms. The summed E-state index contributed by atoms with van der Waals surface area (Å²) in [4.78, 5) is 14.4. The van der Waals surface area contributed by atoms with Gasteiger partial charge in [-0.25, -0.2) is 0 Å². The Labute approximate surface area is 120 Å². The van der Waals surface area contributed by atoms with Gasteiger partial charge in [0.25, 0.3) is 5.91 Å². The van der Waals surface area contributed by atoms with Crippen LogP contribution in [0.25, 0.3) is 0 Å². The van der Waals surface area contributed by atoms with Gasteiger partial charge in [-0.05, 0) is 32.4 Å². The predicted molar refractivity (Wildman–Crippen MR) is 79.6 cm³/mol. The van der Waals surface area contributed by atoms with Gasteiger partial charge in [-0.3, -0.25) is 9.89 Å². The third-order valence-corrected chi connectivity index (χ3v) is 3.76. The first-order valence-electron chi connectivity index (χ1n) is 7.55. The molecule has 2 heterocycles. The molecular weight excluding hydrogens is 254 g/mol. The molecule has 0 aromatic carbocycles. The van der Waals surface area contributed by atoms with Crippen LogP contribution in [0.15, 0.2) is 0 Å². The fourth-order valence-corrected chi connectivity index (χ4v) is 2.59. The van der Waals surface area contributed by atoms with E-state index in [2.05, 4.69) is 27.3 Å². The Morgan fingerprint density at radius 1 is 1.40 bits per heavy atom. The van der Waals surface area contributed by atoms with Crippen molar-refractivity contribution in [1.29, 1.82) is 0 Å². The number of carbonyl (C=O) groups excluding carboxylic acids is 1. The molecule has 0 aliphatic carbocycles. The number of nitrogens with two attached hydrogens (primary N) is 1. The number of nitrogens with zero attached hydrogens (tertiary/aromatic N) is 2. The summed E-state index contributed by atoms with van der Waals surface area (Å²) in [5.74, 6) is -0.182. The zero-order valence-corrected chi connectivity index (χ0v) is 12.2. The summed E-state index contributed by atoms with van der Waals surface area (Å²) in [5, 5.41) is 9.77. The van der Waals surface area contributed by atoms with E-state index in [1.165, 1.54) is 19.3 Å². The van der Waals surface area contributed by atoms with Crippen molar-refractivity contribution in [2.45, 2.75) is 39.0 Å². The molecule has 0 radical (unpaired) electrons. The van der Waals surface area contributed by atoms with E-state index < -0.39 is 0 Å². The molecule has 1 aromatic heterocycles. The number of likely N-dealkylation sites (tertiary alicyclic amines) is 1. The lowest BCUT2D eigenvalue weighted by Crippen LogP contribution is -2.37.